The first-order valence-corrected chi connectivity index (χ1v) is 9.80. The van der Waals surface area contributed by atoms with Crippen LogP contribution in [-0.4, -0.2) is 23.0 Å². The van der Waals surface area contributed by atoms with E-state index in [0.29, 0.717) is 0 Å². The highest BCUT2D eigenvalue weighted by Gasteiger charge is 2.12. The summed E-state index contributed by atoms with van der Waals surface area (Å²) in [6.45, 7) is 7.79. The van der Waals surface area contributed by atoms with Crippen molar-refractivity contribution in [1.82, 2.24) is 14.5 Å². The molecule has 0 saturated carbocycles. The third-order valence-corrected chi connectivity index (χ3v) is 4.04. The van der Waals surface area contributed by atoms with Gasteiger partial charge in [-0.1, -0.05) is 39.0 Å². The Labute approximate surface area is 150 Å². The number of thiol groups is 1. The van der Waals surface area contributed by atoms with Gasteiger partial charge >= 0.3 is 0 Å². The molecule has 0 aliphatic heterocycles. The summed E-state index contributed by atoms with van der Waals surface area (Å²) in [5, 5.41) is 5.28. The monoisotopic (exact) mass is 362 g/mol. The van der Waals surface area contributed by atoms with Crippen molar-refractivity contribution in [1.29, 1.82) is 0 Å². The van der Waals surface area contributed by atoms with Gasteiger partial charge in [-0.25, -0.2) is 18.5 Å². The Bertz CT molecular complexity index is 908. The van der Waals surface area contributed by atoms with E-state index in [1.54, 1.807) is 0 Å². The SMILES string of the molecule is CCc1nc2cnc3ccccc3c2n1CCCC(C)C.N[SH](=O)=O. The van der Waals surface area contributed by atoms with Gasteiger partial charge in [-0.05, 0) is 24.8 Å². The fourth-order valence-electron chi connectivity index (χ4n) is 2.98. The lowest BCUT2D eigenvalue weighted by atomic mass is 10.1. The van der Waals surface area contributed by atoms with E-state index in [4.69, 9.17) is 13.4 Å². The van der Waals surface area contributed by atoms with E-state index < -0.39 is 10.9 Å². The highest BCUT2D eigenvalue weighted by atomic mass is 32.2. The predicted octanol–water partition coefficient (Wildman–Crippen LogP) is 3.05. The third-order valence-electron chi connectivity index (χ3n) is 4.04. The van der Waals surface area contributed by atoms with Crippen molar-refractivity contribution in [2.75, 3.05) is 0 Å². The molecule has 0 bridgehead atoms. The summed E-state index contributed by atoms with van der Waals surface area (Å²) in [5.74, 6) is 1.93. The zero-order chi connectivity index (χ0) is 18.4. The van der Waals surface area contributed by atoms with Crippen LogP contribution in [0.5, 0.6) is 0 Å². The maximum atomic E-state index is 8.81. The van der Waals surface area contributed by atoms with E-state index in [-0.39, 0.29) is 0 Å². The van der Waals surface area contributed by atoms with Crippen LogP contribution in [0, 0.1) is 5.92 Å². The number of rotatable bonds is 5. The maximum Gasteiger partial charge on any atom is 0.198 e. The molecule has 0 saturated heterocycles. The molecular formula is C18H26N4O2S. The predicted molar refractivity (Wildman–Crippen MR) is 103 cm³/mol. The minimum atomic E-state index is -2.62. The summed E-state index contributed by atoms with van der Waals surface area (Å²) in [7, 11) is -2.62. The quantitative estimate of drug-likeness (QED) is 0.683. The number of aromatic nitrogens is 3. The lowest BCUT2D eigenvalue weighted by molar-refractivity contribution is 0.510. The fourth-order valence-corrected chi connectivity index (χ4v) is 2.98. The van der Waals surface area contributed by atoms with Crippen molar-refractivity contribution < 1.29 is 8.42 Å². The lowest BCUT2D eigenvalue weighted by Crippen LogP contribution is -2.04. The van der Waals surface area contributed by atoms with Crippen LogP contribution in [-0.2, 0) is 23.9 Å². The third kappa shape index (κ3) is 4.99. The van der Waals surface area contributed by atoms with Gasteiger partial charge in [-0.15, -0.1) is 0 Å². The van der Waals surface area contributed by atoms with Gasteiger partial charge in [0.1, 0.15) is 11.3 Å². The second kappa shape index (κ2) is 8.92. The van der Waals surface area contributed by atoms with Crippen LogP contribution < -0.4 is 5.14 Å². The van der Waals surface area contributed by atoms with Gasteiger partial charge in [0.2, 0.25) is 0 Å². The van der Waals surface area contributed by atoms with Crippen LogP contribution in [0.4, 0.5) is 0 Å². The molecule has 0 amide bonds. The molecule has 1 aromatic carbocycles. The second-order valence-corrected chi connectivity index (χ2v) is 6.93. The zero-order valence-electron chi connectivity index (χ0n) is 15.0. The van der Waals surface area contributed by atoms with Crippen LogP contribution >= 0.6 is 0 Å². The summed E-state index contributed by atoms with van der Waals surface area (Å²) in [6, 6.07) is 8.36. The van der Waals surface area contributed by atoms with Crippen LogP contribution in [0.3, 0.4) is 0 Å². The van der Waals surface area contributed by atoms with Gasteiger partial charge in [0.25, 0.3) is 0 Å². The van der Waals surface area contributed by atoms with Gasteiger partial charge in [0.05, 0.1) is 17.2 Å². The Hall–Kier alpha value is -1.99. The Balaban J connectivity index is 0.000000511. The van der Waals surface area contributed by atoms with E-state index in [1.165, 1.54) is 29.6 Å². The number of fused-ring (bicyclic) bond motifs is 3. The normalized spacial score (nSPS) is 11.3. The molecular weight excluding hydrogens is 336 g/mol. The molecule has 6 nitrogen and oxygen atoms in total. The van der Waals surface area contributed by atoms with Crippen LogP contribution in [0.15, 0.2) is 30.5 Å². The molecule has 0 aliphatic rings. The van der Waals surface area contributed by atoms with E-state index in [1.807, 2.05) is 12.3 Å². The van der Waals surface area contributed by atoms with Crippen molar-refractivity contribution in [3.63, 3.8) is 0 Å². The summed E-state index contributed by atoms with van der Waals surface area (Å²) in [5.41, 5.74) is 3.33. The summed E-state index contributed by atoms with van der Waals surface area (Å²) < 4.78 is 20.0. The molecule has 0 fully saturated rings. The Morgan fingerprint density at radius 3 is 2.52 bits per heavy atom. The summed E-state index contributed by atoms with van der Waals surface area (Å²) in [6.07, 6.45) is 5.33. The molecule has 7 heteroatoms. The van der Waals surface area contributed by atoms with Crippen molar-refractivity contribution in [3.8, 4) is 0 Å². The number of hydrogen-bond donors (Lipinski definition) is 2. The molecule has 3 rings (SSSR count). The number of imidazole rings is 1. The zero-order valence-corrected chi connectivity index (χ0v) is 15.9. The highest BCUT2D eigenvalue weighted by molar-refractivity contribution is 7.69. The van der Waals surface area contributed by atoms with E-state index >= 15 is 0 Å². The van der Waals surface area contributed by atoms with Gasteiger partial charge < -0.3 is 4.57 Å². The topological polar surface area (TPSA) is 90.9 Å². The van der Waals surface area contributed by atoms with Gasteiger partial charge in [0, 0.05) is 18.4 Å². The Kier molecular flexibility index (Phi) is 6.90. The first kappa shape index (κ1) is 19.3. The molecule has 0 atom stereocenters. The second-order valence-electron chi connectivity index (χ2n) is 6.36. The molecule has 0 unspecified atom stereocenters. The van der Waals surface area contributed by atoms with Gasteiger partial charge in [0.15, 0.2) is 10.9 Å². The van der Waals surface area contributed by atoms with E-state index in [9.17, 15) is 0 Å². The molecule has 0 radical (unpaired) electrons. The van der Waals surface area contributed by atoms with E-state index in [0.717, 1.165) is 29.9 Å². The number of para-hydroxylation sites is 1. The van der Waals surface area contributed by atoms with Gasteiger partial charge in [-0.3, -0.25) is 4.98 Å². The smallest absolute Gasteiger partial charge is 0.198 e. The minimum Gasteiger partial charge on any atom is -0.327 e. The van der Waals surface area contributed by atoms with E-state index in [2.05, 4.69) is 53.7 Å². The van der Waals surface area contributed by atoms with Crippen molar-refractivity contribution in [3.05, 3.63) is 36.3 Å². The fraction of sp³-hybridized carbons (Fsp3) is 0.444. The molecule has 0 spiro atoms. The molecule has 2 aromatic heterocycles. The van der Waals surface area contributed by atoms with Gasteiger partial charge in [-0.2, -0.15) is 0 Å². The van der Waals surface area contributed by atoms with Crippen LogP contribution in [0.2, 0.25) is 0 Å². The maximum absolute atomic E-state index is 8.81. The number of aryl methyl sites for hydroxylation is 2. The summed E-state index contributed by atoms with van der Waals surface area (Å²) >= 11 is 0. The Morgan fingerprint density at radius 1 is 1.20 bits per heavy atom. The Morgan fingerprint density at radius 2 is 1.88 bits per heavy atom. The van der Waals surface area contributed by atoms with Crippen LogP contribution in [0.25, 0.3) is 21.9 Å². The van der Waals surface area contributed by atoms with Crippen molar-refractivity contribution >= 4 is 32.8 Å². The number of nitrogens with two attached hydrogens (primary N) is 1. The lowest BCUT2D eigenvalue weighted by Gasteiger charge is -2.10. The van der Waals surface area contributed by atoms with Crippen LogP contribution in [0.1, 0.15) is 39.4 Å². The molecule has 2 N–H and O–H groups in total. The van der Waals surface area contributed by atoms with Crippen molar-refractivity contribution in [2.45, 2.75) is 46.6 Å². The molecule has 136 valence electrons. The molecule has 3 aromatic rings. The number of pyridine rings is 1. The highest BCUT2D eigenvalue weighted by Crippen LogP contribution is 2.25. The summed E-state index contributed by atoms with van der Waals surface area (Å²) in [4.78, 5) is 9.31. The number of nitrogens with zero attached hydrogens (tertiary/aromatic N) is 3. The molecule has 2 heterocycles. The average Bonchev–Trinajstić information content (AvgIpc) is 2.92. The standard InChI is InChI=1S/C18H23N3.H3NO2S/c1-4-17-20-16-12-19-15-10-6-5-9-14(15)18(16)21(17)11-7-8-13(2)3;1-4(2)3/h5-6,9-10,12-13H,4,7-8,11H2,1-3H3;4H,(H2,1,2,3). The number of hydrogen-bond acceptors (Lipinski definition) is 4. The average molecular weight is 362 g/mol. The minimum absolute atomic E-state index is 0.753. The molecule has 25 heavy (non-hydrogen) atoms. The largest absolute Gasteiger partial charge is 0.327 e. The molecule has 0 aliphatic carbocycles. The number of benzene rings is 1. The first-order valence-electron chi connectivity index (χ1n) is 8.56. The first-order chi connectivity index (χ1) is 11.9. The van der Waals surface area contributed by atoms with Crippen molar-refractivity contribution in [2.24, 2.45) is 11.1 Å².